The summed E-state index contributed by atoms with van der Waals surface area (Å²) in [5, 5.41) is 3.75. The number of carbonyl (C=O) groups is 1. The van der Waals surface area contributed by atoms with Crippen LogP contribution in [-0.4, -0.2) is 13.0 Å². The second-order valence-electron chi connectivity index (χ2n) is 6.73. The number of hydrogen-bond acceptors (Lipinski definition) is 4. The maximum Gasteiger partial charge on any atom is 0.291 e. The molecule has 0 fully saturated rings. The van der Waals surface area contributed by atoms with E-state index in [-0.39, 0.29) is 11.7 Å². The summed E-state index contributed by atoms with van der Waals surface area (Å²) in [7, 11) is 1.59. The van der Waals surface area contributed by atoms with Gasteiger partial charge < -0.3 is 19.2 Å². The van der Waals surface area contributed by atoms with Crippen molar-refractivity contribution in [3.63, 3.8) is 0 Å². The van der Waals surface area contributed by atoms with Gasteiger partial charge in [0.1, 0.15) is 17.1 Å². The molecule has 5 heteroatoms. The third-order valence-electron chi connectivity index (χ3n) is 4.56. The number of benzene rings is 3. The highest BCUT2D eigenvalue weighted by molar-refractivity contribution is 6.06. The van der Waals surface area contributed by atoms with E-state index in [0.29, 0.717) is 23.6 Å². The van der Waals surface area contributed by atoms with Crippen molar-refractivity contribution in [1.82, 2.24) is 0 Å². The van der Waals surface area contributed by atoms with Gasteiger partial charge in [-0.1, -0.05) is 35.9 Å². The number of amides is 1. The molecule has 0 saturated carbocycles. The third kappa shape index (κ3) is 4.15. The number of aryl methyl sites for hydroxylation is 1. The Morgan fingerprint density at radius 1 is 0.931 bits per heavy atom. The first-order chi connectivity index (χ1) is 14.1. The van der Waals surface area contributed by atoms with E-state index in [0.717, 1.165) is 16.7 Å². The zero-order valence-electron chi connectivity index (χ0n) is 16.3. The highest BCUT2D eigenvalue weighted by atomic mass is 16.5. The number of rotatable bonds is 6. The van der Waals surface area contributed by atoms with Gasteiger partial charge >= 0.3 is 0 Å². The van der Waals surface area contributed by atoms with Gasteiger partial charge in [0.15, 0.2) is 5.76 Å². The molecule has 0 radical (unpaired) electrons. The molecule has 1 amide bonds. The van der Waals surface area contributed by atoms with Crippen molar-refractivity contribution >= 4 is 22.6 Å². The number of para-hydroxylation sites is 1. The fourth-order valence-electron chi connectivity index (χ4n) is 3.11. The number of anilines is 1. The number of carbonyl (C=O) groups excluding carboxylic acids is 1. The van der Waals surface area contributed by atoms with Crippen molar-refractivity contribution in [1.29, 1.82) is 0 Å². The van der Waals surface area contributed by atoms with Crippen molar-refractivity contribution < 1.29 is 18.7 Å². The lowest BCUT2D eigenvalue weighted by Gasteiger charge is -2.08. The van der Waals surface area contributed by atoms with Crippen LogP contribution < -0.4 is 10.1 Å². The molecule has 29 heavy (non-hydrogen) atoms. The Labute approximate surface area is 168 Å². The monoisotopic (exact) mass is 387 g/mol. The summed E-state index contributed by atoms with van der Waals surface area (Å²) in [6.45, 7) is 2.32. The van der Waals surface area contributed by atoms with Crippen molar-refractivity contribution in [2.75, 3.05) is 12.4 Å². The lowest BCUT2D eigenvalue weighted by atomic mass is 10.1. The lowest BCUT2D eigenvalue weighted by molar-refractivity contribution is 0.0992. The second-order valence-corrected chi connectivity index (χ2v) is 6.73. The zero-order valence-corrected chi connectivity index (χ0v) is 16.3. The molecule has 0 unspecified atom stereocenters. The SMILES string of the molecule is COCc1c(C(=O)Nc2ccc(Oc3ccc(C)cc3)cc2)oc2ccccc12. The smallest absolute Gasteiger partial charge is 0.291 e. The third-order valence-corrected chi connectivity index (χ3v) is 4.56. The number of ether oxygens (including phenoxy) is 2. The topological polar surface area (TPSA) is 60.7 Å². The maximum absolute atomic E-state index is 12.8. The van der Waals surface area contributed by atoms with Gasteiger partial charge in [-0.05, 0) is 49.4 Å². The fraction of sp³-hybridized carbons (Fsp3) is 0.125. The molecule has 5 nitrogen and oxygen atoms in total. The molecule has 1 heterocycles. The molecule has 0 spiro atoms. The zero-order chi connectivity index (χ0) is 20.2. The predicted octanol–water partition coefficient (Wildman–Crippen LogP) is 5.93. The highest BCUT2D eigenvalue weighted by Gasteiger charge is 2.20. The Balaban J connectivity index is 1.50. The molecule has 0 bridgehead atoms. The Hall–Kier alpha value is -3.57. The van der Waals surface area contributed by atoms with Gasteiger partial charge in [0.2, 0.25) is 0 Å². The van der Waals surface area contributed by atoms with E-state index in [4.69, 9.17) is 13.9 Å². The minimum Gasteiger partial charge on any atom is -0.457 e. The molecular formula is C24H21NO4. The average molecular weight is 387 g/mol. The maximum atomic E-state index is 12.8. The quantitative estimate of drug-likeness (QED) is 0.445. The normalized spacial score (nSPS) is 10.8. The predicted molar refractivity (Wildman–Crippen MR) is 113 cm³/mol. The van der Waals surface area contributed by atoms with Crippen LogP contribution >= 0.6 is 0 Å². The summed E-state index contributed by atoms with van der Waals surface area (Å²) in [6, 6.07) is 22.6. The Morgan fingerprint density at radius 3 is 2.28 bits per heavy atom. The van der Waals surface area contributed by atoms with E-state index in [1.165, 1.54) is 5.56 Å². The van der Waals surface area contributed by atoms with Gasteiger partial charge in [0.25, 0.3) is 5.91 Å². The Morgan fingerprint density at radius 2 is 1.59 bits per heavy atom. The Bertz CT molecular complexity index is 1130. The summed E-state index contributed by atoms with van der Waals surface area (Å²) in [5.74, 6) is 1.39. The van der Waals surface area contributed by atoms with E-state index in [2.05, 4.69) is 5.32 Å². The van der Waals surface area contributed by atoms with E-state index in [1.807, 2.05) is 67.6 Å². The summed E-state index contributed by atoms with van der Waals surface area (Å²) in [5.41, 5.74) is 3.22. The van der Waals surface area contributed by atoms with Crippen molar-refractivity contribution in [3.8, 4) is 11.5 Å². The molecule has 1 aromatic heterocycles. The molecule has 1 N–H and O–H groups in total. The second kappa shape index (κ2) is 8.20. The number of methoxy groups -OCH3 is 1. The highest BCUT2D eigenvalue weighted by Crippen LogP contribution is 2.28. The first-order valence-corrected chi connectivity index (χ1v) is 9.29. The average Bonchev–Trinajstić information content (AvgIpc) is 3.10. The van der Waals surface area contributed by atoms with Crippen LogP contribution in [0.15, 0.2) is 77.2 Å². The Kier molecular flexibility index (Phi) is 5.31. The molecule has 0 aliphatic carbocycles. The first-order valence-electron chi connectivity index (χ1n) is 9.29. The van der Waals surface area contributed by atoms with Crippen LogP contribution in [0.2, 0.25) is 0 Å². The molecule has 0 aliphatic rings. The van der Waals surface area contributed by atoms with Crippen LogP contribution in [0.3, 0.4) is 0 Å². The molecule has 4 aromatic rings. The van der Waals surface area contributed by atoms with Gasteiger partial charge in [-0.15, -0.1) is 0 Å². The molecular weight excluding hydrogens is 366 g/mol. The number of furan rings is 1. The van der Waals surface area contributed by atoms with Crippen molar-refractivity contribution in [2.24, 2.45) is 0 Å². The van der Waals surface area contributed by atoms with Crippen LogP contribution in [0.4, 0.5) is 5.69 Å². The standard InChI is InChI=1S/C24H21NO4/c1-16-7-11-18(12-8-16)28-19-13-9-17(10-14-19)25-24(26)23-21(15-27-2)20-5-3-4-6-22(20)29-23/h3-14H,15H2,1-2H3,(H,25,26). The summed E-state index contributed by atoms with van der Waals surface area (Å²) in [6.07, 6.45) is 0. The van der Waals surface area contributed by atoms with Crippen LogP contribution in [0.1, 0.15) is 21.7 Å². The van der Waals surface area contributed by atoms with Gasteiger partial charge in [0, 0.05) is 23.7 Å². The molecule has 0 atom stereocenters. The van der Waals surface area contributed by atoms with Gasteiger partial charge in [-0.2, -0.15) is 0 Å². The van der Waals surface area contributed by atoms with Crippen LogP contribution in [0.25, 0.3) is 11.0 Å². The summed E-state index contributed by atoms with van der Waals surface area (Å²) in [4.78, 5) is 12.8. The number of hydrogen-bond donors (Lipinski definition) is 1. The molecule has 3 aromatic carbocycles. The van der Waals surface area contributed by atoms with Crippen molar-refractivity contribution in [2.45, 2.75) is 13.5 Å². The van der Waals surface area contributed by atoms with Crippen LogP contribution in [0.5, 0.6) is 11.5 Å². The molecule has 4 rings (SSSR count). The van der Waals surface area contributed by atoms with Crippen LogP contribution in [-0.2, 0) is 11.3 Å². The minimum absolute atomic E-state index is 0.257. The van der Waals surface area contributed by atoms with Gasteiger partial charge in [-0.3, -0.25) is 4.79 Å². The first kappa shape index (κ1) is 18.8. The summed E-state index contributed by atoms with van der Waals surface area (Å²) >= 11 is 0. The van der Waals surface area contributed by atoms with Crippen LogP contribution in [0, 0.1) is 6.92 Å². The molecule has 146 valence electrons. The lowest BCUT2D eigenvalue weighted by Crippen LogP contribution is -2.13. The van der Waals surface area contributed by atoms with E-state index in [9.17, 15) is 4.79 Å². The van der Waals surface area contributed by atoms with E-state index >= 15 is 0 Å². The largest absolute Gasteiger partial charge is 0.457 e. The molecule has 0 aliphatic heterocycles. The van der Waals surface area contributed by atoms with E-state index < -0.39 is 0 Å². The van der Waals surface area contributed by atoms with Gasteiger partial charge in [0.05, 0.1) is 6.61 Å². The molecule has 0 saturated heterocycles. The van der Waals surface area contributed by atoms with E-state index in [1.54, 1.807) is 19.2 Å². The fourth-order valence-corrected chi connectivity index (χ4v) is 3.11. The number of fused-ring (bicyclic) bond motifs is 1. The van der Waals surface area contributed by atoms with Crippen molar-refractivity contribution in [3.05, 3.63) is 89.7 Å². The minimum atomic E-state index is -0.319. The van der Waals surface area contributed by atoms with Gasteiger partial charge in [-0.25, -0.2) is 0 Å². The number of nitrogens with one attached hydrogen (secondary N) is 1. The summed E-state index contributed by atoms with van der Waals surface area (Å²) < 4.78 is 16.9.